The minimum absolute atomic E-state index is 0.126. The van der Waals surface area contributed by atoms with Crippen molar-refractivity contribution in [3.05, 3.63) is 33.8 Å². The highest BCUT2D eigenvalue weighted by Crippen LogP contribution is 2.18. The van der Waals surface area contributed by atoms with E-state index >= 15 is 0 Å². The largest absolute Gasteiger partial charge is 0.378 e. The summed E-state index contributed by atoms with van der Waals surface area (Å²) in [4.78, 5) is 18.0. The summed E-state index contributed by atoms with van der Waals surface area (Å²) in [5, 5.41) is 0.785. The molecule has 0 fully saturated rings. The average molecular weight is 238 g/mol. The Morgan fingerprint density at radius 2 is 2.06 bits per heavy atom. The fourth-order valence-corrected chi connectivity index (χ4v) is 1.68. The van der Waals surface area contributed by atoms with Crippen LogP contribution in [0.2, 0.25) is 5.28 Å². The summed E-state index contributed by atoms with van der Waals surface area (Å²) in [7, 11) is 5.46. The molecule has 0 spiro atoms. The van der Waals surface area contributed by atoms with Crippen molar-refractivity contribution in [3.63, 3.8) is 0 Å². The van der Waals surface area contributed by atoms with E-state index in [0.717, 1.165) is 5.69 Å². The summed E-state index contributed by atoms with van der Waals surface area (Å²) in [5.74, 6) is 0. The Bertz CT molecular complexity index is 604. The molecular formula is C11H12ClN3O. The number of fused-ring (bicyclic) bond motifs is 1. The first-order valence-corrected chi connectivity index (χ1v) is 5.22. The Morgan fingerprint density at radius 3 is 2.69 bits per heavy atom. The van der Waals surface area contributed by atoms with Gasteiger partial charge in [-0.3, -0.25) is 9.36 Å². The van der Waals surface area contributed by atoms with E-state index in [0.29, 0.717) is 10.9 Å². The molecule has 0 saturated heterocycles. The molecule has 5 heteroatoms. The van der Waals surface area contributed by atoms with Crippen LogP contribution in [0.4, 0.5) is 5.69 Å². The molecule has 16 heavy (non-hydrogen) atoms. The molecule has 0 aliphatic carbocycles. The smallest absolute Gasteiger partial charge is 0.262 e. The maximum atomic E-state index is 11.9. The van der Waals surface area contributed by atoms with Crippen LogP contribution in [0.5, 0.6) is 0 Å². The monoisotopic (exact) mass is 237 g/mol. The fourth-order valence-electron chi connectivity index (χ4n) is 1.51. The normalized spacial score (nSPS) is 10.8. The van der Waals surface area contributed by atoms with Crippen LogP contribution in [0.1, 0.15) is 0 Å². The maximum Gasteiger partial charge on any atom is 0.262 e. The molecule has 0 saturated carbocycles. The molecule has 0 aliphatic rings. The van der Waals surface area contributed by atoms with Gasteiger partial charge in [0.2, 0.25) is 5.28 Å². The molecule has 0 atom stereocenters. The number of hydrogen-bond acceptors (Lipinski definition) is 3. The van der Waals surface area contributed by atoms with Crippen molar-refractivity contribution in [2.45, 2.75) is 0 Å². The van der Waals surface area contributed by atoms with Gasteiger partial charge in [0.1, 0.15) is 0 Å². The van der Waals surface area contributed by atoms with Crippen LogP contribution in [0.3, 0.4) is 0 Å². The van der Waals surface area contributed by atoms with Gasteiger partial charge in [0.25, 0.3) is 5.56 Å². The van der Waals surface area contributed by atoms with Crippen LogP contribution >= 0.6 is 11.6 Å². The van der Waals surface area contributed by atoms with Crippen molar-refractivity contribution in [1.82, 2.24) is 9.55 Å². The van der Waals surface area contributed by atoms with Gasteiger partial charge in [-0.2, -0.15) is 0 Å². The predicted octanol–water partition coefficient (Wildman–Crippen LogP) is 1.65. The molecule has 84 valence electrons. The molecule has 0 N–H and O–H groups in total. The molecule has 1 heterocycles. The Labute approximate surface area is 98.1 Å². The predicted molar refractivity (Wildman–Crippen MR) is 66.3 cm³/mol. The van der Waals surface area contributed by atoms with Crippen LogP contribution in [0.25, 0.3) is 10.9 Å². The van der Waals surface area contributed by atoms with Crippen molar-refractivity contribution < 1.29 is 0 Å². The highest BCUT2D eigenvalue weighted by Gasteiger charge is 2.07. The molecule has 1 aromatic carbocycles. The van der Waals surface area contributed by atoms with E-state index in [2.05, 4.69) is 4.98 Å². The Balaban J connectivity index is 2.83. The molecular weight excluding hydrogens is 226 g/mol. The first kappa shape index (κ1) is 11.0. The van der Waals surface area contributed by atoms with Crippen LogP contribution in [-0.2, 0) is 7.05 Å². The number of benzene rings is 1. The Morgan fingerprint density at radius 1 is 1.38 bits per heavy atom. The molecule has 4 nitrogen and oxygen atoms in total. The third-order valence-electron chi connectivity index (χ3n) is 2.52. The van der Waals surface area contributed by atoms with Crippen LogP contribution in [0, 0.1) is 0 Å². The zero-order valence-electron chi connectivity index (χ0n) is 9.36. The van der Waals surface area contributed by atoms with E-state index in [1.165, 1.54) is 4.57 Å². The van der Waals surface area contributed by atoms with Crippen molar-refractivity contribution in [2.75, 3.05) is 19.0 Å². The SMILES string of the molecule is CN(C)c1ccc2nc(Cl)n(C)c(=O)c2c1. The summed E-state index contributed by atoms with van der Waals surface area (Å²) in [6, 6.07) is 5.53. The Hall–Kier alpha value is -1.55. The topological polar surface area (TPSA) is 38.1 Å². The third kappa shape index (κ3) is 1.65. The van der Waals surface area contributed by atoms with Gasteiger partial charge >= 0.3 is 0 Å². The fraction of sp³-hybridized carbons (Fsp3) is 0.273. The van der Waals surface area contributed by atoms with Gasteiger partial charge in [0, 0.05) is 26.8 Å². The second kappa shape index (κ2) is 3.79. The summed E-state index contributed by atoms with van der Waals surface area (Å²) in [6.45, 7) is 0. The van der Waals surface area contributed by atoms with Gasteiger partial charge in [-0.1, -0.05) is 0 Å². The minimum Gasteiger partial charge on any atom is -0.378 e. The lowest BCUT2D eigenvalue weighted by molar-refractivity contribution is 0.844. The van der Waals surface area contributed by atoms with Crippen molar-refractivity contribution in [2.24, 2.45) is 7.05 Å². The van der Waals surface area contributed by atoms with Crippen molar-refractivity contribution in [3.8, 4) is 0 Å². The molecule has 0 unspecified atom stereocenters. The van der Waals surface area contributed by atoms with Crippen molar-refractivity contribution >= 4 is 28.2 Å². The summed E-state index contributed by atoms with van der Waals surface area (Å²) in [6.07, 6.45) is 0. The molecule has 2 aromatic rings. The molecule has 0 radical (unpaired) electrons. The first-order chi connectivity index (χ1) is 7.50. The number of hydrogen-bond donors (Lipinski definition) is 0. The highest BCUT2D eigenvalue weighted by atomic mass is 35.5. The van der Waals surface area contributed by atoms with E-state index in [-0.39, 0.29) is 10.8 Å². The highest BCUT2D eigenvalue weighted by molar-refractivity contribution is 6.28. The standard InChI is InChI=1S/C11H12ClN3O/c1-14(2)7-4-5-9-8(6-7)10(16)15(3)11(12)13-9/h4-6H,1-3H3. The maximum absolute atomic E-state index is 11.9. The van der Waals surface area contributed by atoms with Crippen LogP contribution in [0.15, 0.2) is 23.0 Å². The number of aromatic nitrogens is 2. The lowest BCUT2D eigenvalue weighted by Gasteiger charge is -2.13. The van der Waals surface area contributed by atoms with Crippen LogP contribution in [-0.4, -0.2) is 23.6 Å². The summed E-state index contributed by atoms with van der Waals surface area (Å²) in [5.41, 5.74) is 1.46. The number of nitrogens with zero attached hydrogens (tertiary/aromatic N) is 3. The van der Waals surface area contributed by atoms with E-state index in [1.807, 2.05) is 31.1 Å². The van der Waals surface area contributed by atoms with E-state index in [1.54, 1.807) is 13.1 Å². The lowest BCUT2D eigenvalue weighted by Crippen LogP contribution is -2.19. The number of anilines is 1. The van der Waals surface area contributed by atoms with Crippen molar-refractivity contribution in [1.29, 1.82) is 0 Å². The Kier molecular flexibility index (Phi) is 2.59. The number of halogens is 1. The zero-order chi connectivity index (χ0) is 11.9. The third-order valence-corrected chi connectivity index (χ3v) is 2.86. The van der Waals surface area contributed by atoms with Crippen LogP contribution < -0.4 is 10.5 Å². The molecule has 0 aliphatic heterocycles. The number of rotatable bonds is 1. The van der Waals surface area contributed by atoms with Gasteiger partial charge in [-0.25, -0.2) is 4.98 Å². The van der Waals surface area contributed by atoms with Gasteiger partial charge < -0.3 is 4.90 Å². The quantitative estimate of drug-likeness (QED) is 0.708. The summed E-state index contributed by atoms with van der Waals surface area (Å²) >= 11 is 5.84. The van der Waals surface area contributed by atoms with Gasteiger partial charge in [0.15, 0.2) is 0 Å². The average Bonchev–Trinajstić information content (AvgIpc) is 2.25. The zero-order valence-corrected chi connectivity index (χ0v) is 10.1. The van der Waals surface area contributed by atoms with E-state index in [9.17, 15) is 4.79 Å². The molecule has 1 aromatic heterocycles. The minimum atomic E-state index is -0.126. The second-order valence-corrected chi connectivity index (χ2v) is 4.18. The molecule has 0 amide bonds. The summed E-state index contributed by atoms with van der Waals surface area (Å²) < 4.78 is 1.34. The van der Waals surface area contributed by atoms with Gasteiger partial charge in [-0.05, 0) is 29.8 Å². The van der Waals surface area contributed by atoms with Gasteiger partial charge in [-0.15, -0.1) is 0 Å². The van der Waals surface area contributed by atoms with E-state index in [4.69, 9.17) is 11.6 Å². The lowest BCUT2D eigenvalue weighted by atomic mass is 10.2. The van der Waals surface area contributed by atoms with E-state index < -0.39 is 0 Å². The first-order valence-electron chi connectivity index (χ1n) is 4.84. The molecule has 2 rings (SSSR count). The second-order valence-electron chi connectivity index (χ2n) is 3.84. The van der Waals surface area contributed by atoms with Gasteiger partial charge in [0.05, 0.1) is 10.9 Å². The molecule has 0 bridgehead atoms.